The second-order valence-electron chi connectivity index (χ2n) is 6.53. The average Bonchev–Trinajstić information content (AvgIpc) is 2.55. The number of hydrogen-bond donors (Lipinski definition) is 0. The van der Waals surface area contributed by atoms with Gasteiger partial charge in [-0.05, 0) is 50.3 Å². The summed E-state index contributed by atoms with van der Waals surface area (Å²) < 4.78 is 39.4. The van der Waals surface area contributed by atoms with Crippen molar-refractivity contribution in [3.8, 4) is 0 Å². The molecule has 1 saturated heterocycles. The SMILES string of the molecule is CO[C@@H]1CC[C@H]2OCCN(S(=O)(=O)c3cc(C)ccc3C)[C@H]2C1. The zero-order chi connectivity index (χ0) is 16.6. The molecule has 1 saturated carbocycles. The van der Waals surface area contributed by atoms with Crippen molar-refractivity contribution < 1.29 is 17.9 Å². The average molecular weight is 339 g/mol. The van der Waals surface area contributed by atoms with Crippen LogP contribution >= 0.6 is 0 Å². The molecule has 0 amide bonds. The summed E-state index contributed by atoms with van der Waals surface area (Å²) in [5, 5.41) is 0. The van der Waals surface area contributed by atoms with Gasteiger partial charge in [-0.25, -0.2) is 8.42 Å². The summed E-state index contributed by atoms with van der Waals surface area (Å²) in [5.41, 5.74) is 1.75. The summed E-state index contributed by atoms with van der Waals surface area (Å²) in [6.07, 6.45) is 2.56. The Morgan fingerprint density at radius 1 is 1.26 bits per heavy atom. The highest BCUT2D eigenvalue weighted by Gasteiger charge is 2.43. The third kappa shape index (κ3) is 3.18. The Kier molecular flexibility index (Phi) is 4.78. The van der Waals surface area contributed by atoms with Crippen molar-refractivity contribution in [2.45, 2.75) is 56.3 Å². The Morgan fingerprint density at radius 2 is 2.04 bits per heavy atom. The largest absolute Gasteiger partial charge is 0.381 e. The van der Waals surface area contributed by atoms with Crippen LogP contribution in [-0.2, 0) is 19.5 Å². The number of rotatable bonds is 3. The maximum Gasteiger partial charge on any atom is 0.243 e. The number of morpholine rings is 1. The predicted octanol–water partition coefficient (Wildman–Crippen LogP) is 2.26. The lowest BCUT2D eigenvalue weighted by Gasteiger charge is -2.44. The number of fused-ring (bicyclic) bond motifs is 1. The maximum absolute atomic E-state index is 13.2. The molecule has 6 heteroatoms. The van der Waals surface area contributed by atoms with Crippen LogP contribution in [0.2, 0.25) is 0 Å². The van der Waals surface area contributed by atoms with Crippen molar-refractivity contribution in [3.63, 3.8) is 0 Å². The van der Waals surface area contributed by atoms with E-state index in [0.29, 0.717) is 24.5 Å². The van der Waals surface area contributed by atoms with E-state index in [1.807, 2.05) is 26.0 Å². The highest BCUT2D eigenvalue weighted by Crippen LogP contribution is 2.34. The summed E-state index contributed by atoms with van der Waals surface area (Å²) in [6, 6.07) is 5.45. The first-order valence-corrected chi connectivity index (χ1v) is 9.61. The van der Waals surface area contributed by atoms with Crippen LogP contribution in [0.1, 0.15) is 30.4 Å². The van der Waals surface area contributed by atoms with Crippen LogP contribution in [0.15, 0.2) is 23.1 Å². The Morgan fingerprint density at radius 3 is 2.78 bits per heavy atom. The van der Waals surface area contributed by atoms with Crippen LogP contribution in [-0.4, -0.2) is 51.2 Å². The summed E-state index contributed by atoms with van der Waals surface area (Å²) in [5.74, 6) is 0. The molecule has 0 bridgehead atoms. The molecule has 5 nitrogen and oxygen atoms in total. The lowest BCUT2D eigenvalue weighted by atomic mass is 9.89. The third-order valence-electron chi connectivity index (χ3n) is 4.98. The Bertz CT molecular complexity index is 673. The molecule has 1 aromatic carbocycles. The molecule has 0 unspecified atom stereocenters. The van der Waals surface area contributed by atoms with Gasteiger partial charge in [0.05, 0.1) is 29.8 Å². The van der Waals surface area contributed by atoms with E-state index in [0.717, 1.165) is 24.0 Å². The molecule has 1 aromatic rings. The van der Waals surface area contributed by atoms with E-state index in [-0.39, 0.29) is 18.2 Å². The number of benzene rings is 1. The van der Waals surface area contributed by atoms with Crippen molar-refractivity contribution in [3.05, 3.63) is 29.3 Å². The van der Waals surface area contributed by atoms with Crippen molar-refractivity contribution >= 4 is 10.0 Å². The van der Waals surface area contributed by atoms with Gasteiger partial charge in [-0.2, -0.15) is 4.31 Å². The Labute approximate surface area is 138 Å². The Balaban J connectivity index is 1.96. The number of methoxy groups -OCH3 is 1. The number of sulfonamides is 1. The minimum atomic E-state index is -3.52. The van der Waals surface area contributed by atoms with Crippen molar-refractivity contribution in [1.29, 1.82) is 0 Å². The Hall–Kier alpha value is -0.950. The lowest BCUT2D eigenvalue weighted by Crippen LogP contribution is -2.56. The van der Waals surface area contributed by atoms with E-state index in [9.17, 15) is 8.42 Å². The lowest BCUT2D eigenvalue weighted by molar-refractivity contribution is -0.0883. The smallest absolute Gasteiger partial charge is 0.243 e. The van der Waals surface area contributed by atoms with Crippen molar-refractivity contribution in [2.75, 3.05) is 20.3 Å². The normalized spacial score (nSPS) is 29.3. The standard InChI is InChI=1S/C17H25NO4S/c1-12-4-5-13(2)17(10-12)23(19,20)18-8-9-22-16-7-6-14(21-3)11-15(16)18/h4-5,10,14-16H,6-9,11H2,1-3H3/t14-,15+,16-/m1/s1. The van der Waals surface area contributed by atoms with Crippen LogP contribution in [0.25, 0.3) is 0 Å². The molecule has 1 aliphatic heterocycles. The molecule has 3 atom stereocenters. The maximum atomic E-state index is 13.2. The second kappa shape index (κ2) is 6.51. The molecule has 3 rings (SSSR count). The molecule has 0 N–H and O–H groups in total. The first-order chi connectivity index (χ1) is 10.9. The number of nitrogens with zero attached hydrogens (tertiary/aromatic N) is 1. The van der Waals surface area contributed by atoms with Crippen LogP contribution in [0, 0.1) is 13.8 Å². The van der Waals surface area contributed by atoms with E-state index < -0.39 is 10.0 Å². The van der Waals surface area contributed by atoms with Gasteiger partial charge in [0.1, 0.15) is 0 Å². The topological polar surface area (TPSA) is 55.8 Å². The molecule has 2 fully saturated rings. The van der Waals surface area contributed by atoms with Crippen LogP contribution in [0.3, 0.4) is 0 Å². The van der Waals surface area contributed by atoms with Crippen molar-refractivity contribution in [2.24, 2.45) is 0 Å². The molecule has 0 aromatic heterocycles. The molecule has 0 radical (unpaired) electrons. The number of aryl methyl sites for hydroxylation is 2. The van der Waals surface area contributed by atoms with Gasteiger partial charge in [0, 0.05) is 13.7 Å². The van der Waals surface area contributed by atoms with Gasteiger partial charge in [-0.1, -0.05) is 12.1 Å². The van der Waals surface area contributed by atoms with Crippen LogP contribution in [0.4, 0.5) is 0 Å². The fraction of sp³-hybridized carbons (Fsp3) is 0.647. The van der Waals surface area contributed by atoms with E-state index in [4.69, 9.17) is 9.47 Å². The zero-order valence-corrected chi connectivity index (χ0v) is 14.8. The van der Waals surface area contributed by atoms with Gasteiger partial charge in [-0.3, -0.25) is 0 Å². The van der Waals surface area contributed by atoms with E-state index in [1.165, 1.54) is 0 Å². The van der Waals surface area contributed by atoms with E-state index in [1.54, 1.807) is 17.5 Å². The predicted molar refractivity (Wildman–Crippen MR) is 88.0 cm³/mol. The van der Waals surface area contributed by atoms with Gasteiger partial charge in [-0.15, -0.1) is 0 Å². The second-order valence-corrected chi connectivity index (χ2v) is 8.39. The first kappa shape index (κ1) is 16.9. The zero-order valence-electron chi connectivity index (χ0n) is 14.0. The molecule has 128 valence electrons. The van der Waals surface area contributed by atoms with Crippen LogP contribution < -0.4 is 0 Å². The van der Waals surface area contributed by atoms with E-state index >= 15 is 0 Å². The summed E-state index contributed by atoms with van der Waals surface area (Å²) in [7, 11) is -1.83. The van der Waals surface area contributed by atoms with Gasteiger partial charge in [0.15, 0.2) is 0 Å². The van der Waals surface area contributed by atoms with Crippen LogP contribution in [0.5, 0.6) is 0 Å². The quantitative estimate of drug-likeness (QED) is 0.848. The van der Waals surface area contributed by atoms with Crippen molar-refractivity contribution in [1.82, 2.24) is 4.31 Å². The summed E-state index contributed by atoms with van der Waals surface area (Å²) in [4.78, 5) is 0.415. The minimum Gasteiger partial charge on any atom is -0.381 e. The summed E-state index contributed by atoms with van der Waals surface area (Å²) >= 11 is 0. The molecule has 0 spiro atoms. The minimum absolute atomic E-state index is 0.0185. The fourth-order valence-corrected chi connectivity index (χ4v) is 5.62. The van der Waals surface area contributed by atoms with Gasteiger partial charge >= 0.3 is 0 Å². The highest BCUT2D eigenvalue weighted by molar-refractivity contribution is 7.89. The summed E-state index contributed by atoms with van der Waals surface area (Å²) in [6.45, 7) is 4.64. The van der Waals surface area contributed by atoms with Gasteiger partial charge in [0.25, 0.3) is 0 Å². The number of ether oxygens (including phenoxy) is 2. The highest BCUT2D eigenvalue weighted by atomic mass is 32.2. The molecule has 2 aliphatic rings. The number of hydrogen-bond acceptors (Lipinski definition) is 4. The fourth-order valence-electron chi connectivity index (χ4n) is 3.66. The molecular formula is C17H25NO4S. The molecule has 23 heavy (non-hydrogen) atoms. The van der Waals surface area contributed by atoms with E-state index in [2.05, 4.69) is 0 Å². The molecule has 1 heterocycles. The monoisotopic (exact) mass is 339 g/mol. The third-order valence-corrected chi connectivity index (χ3v) is 7.05. The van der Waals surface area contributed by atoms with Gasteiger partial charge in [0.2, 0.25) is 10.0 Å². The molecule has 1 aliphatic carbocycles. The molecular weight excluding hydrogens is 314 g/mol. The van der Waals surface area contributed by atoms with Gasteiger partial charge < -0.3 is 9.47 Å². The first-order valence-electron chi connectivity index (χ1n) is 8.17.